The molecule has 1 fully saturated rings. The van der Waals surface area contributed by atoms with Gasteiger partial charge in [0.15, 0.2) is 6.23 Å². The van der Waals surface area contributed by atoms with Crippen LogP contribution in [0, 0.1) is 24.2 Å². The minimum atomic E-state index is -1.06. The number of nitrogens with zero attached hydrogens (tertiary/aromatic N) is 2. The van der Waals surface area contributed by atoms with Gasteiger partial charge in [0, 0.05) is 11.8 Å². The molecule has 204 valence electrons. The zero-order chi connectivity index (χ0) is 28.3. The number of methoxy groups -OCH3 is 1. The van der Waals surface area contributed by atoms with E-state index >= 15 is 0 Å². The first-order valence-electron chi connectivity index (χ1n) is 12.9. The van der Waals surface area contributed by atoms with E-state index in [0.29, 0.717) is 11.3 Å². The number of nitrogens with one attached hydrogen (secondary N) is 1. The summed E-state index contributed by atoms with van der Waals surface area (Å²) in [4.78, 5) is 26.8. The van der Waals surface area contributed by atoms with Crippen molar-refractivity contribution < 1.29 is 14.2 Å². The molecule has 9 nitrogen and oxygen atoms in total. The third-order valence-electron chi connectivity index (χ3n) is 7.35. The van der Waals surface area contributed by atoms with E-state index < -0.39 is 41.1 Å². The molecular weight excluding hydrogens is 508 g/mol. The lowest BCUT2D eigenvalue weighted by atomic mass is 9.80. The second kappa shape index (κ2) is 11.3. The molecule has 0 unspecified atom stereocenters. The number of ether oxygens (including phenoxy) is 3. The smallest absolute Gasteiger partial charge is 0.330 e. The quantitative estimate of drug-likeness (QED) is 0.329. The van der Waals surface area contributed by atoms with Gasteiger partial charge in [-0.25, -0.2) is 4.79 Å². The molecule has 1 saturated heterocycles. The number of aromatic amines is 1. The van der Waals surface area contributed by atoms with Crippen LogP contribution in [0.2, 0.25) is 0 Å². The number of rotatable bonds is 8. The lowest BCUT2D eigenvalue weighted by Crippen LogP contribution is -2.41. The summed E-state index contributed by atoms with van der Waals surface area (Å²) in [5.41, 5.74) is 7.18. The Morgan fingerprint density at radius 2 is 1.55 bits per heavy atom. The number of aryl methyl sites for hydroxylation is 1. The van der Waals surface area contributed by atoms with E-state index in [1.807, 2.05) is 84.9 Å². The van der Waals surface area contributed by atoms with Gasteiger partial charge in [0.25, 0.3) is 5.56 Å². The maximum Gasteiger partial charge on any atom is 0.330 e. The molecule has 0 aliphatic carbocycles. The molecule has 0 spiro atoms. The number of aromatic nitrogens is 2. The van der Waals surface area contributed by atoms with Crippen LogP contribution in [-0.2, 0) is 15.1 Å². The predicted octanol–water partition coefficient (Wildman–Crippen LogP) is 3.23. The summed E-state index contributed by atoms with van der Waals surface area (Å²) in [7, 11) is 1.61. The van der Waals surface area contributed by atoms with Gasteiger partial charge >= 0.3 is 5.69 Å². The molecule has 0 bridgehead atoms. The Bertz CT molecular complexity index is 1570. The van der Waals surface area contributed by atoms with Gasteiger partial charge in [-0.05, 0) is 35.7 Å². The van der Waals surface area contributed by atoms with Crippen molar-refractivity contribution in [2.45, 2.75) is 30.9 Å². The Balaban J connectivity index is 1.57. The van der Waals surface area contributed by atoms with Gasteiger partial charge < -0.3 is 19.9 Å². The van der Waals surface area contributed by atoms with Gasteiger partial charge in [-0.3, -0.25) is 14.3 Å². The summed E-state index contributed by atoms with van der Waals surface area (Å²) in [6, 6.07) is 28.7. The minimum Gasteiger partial charge on any atom is -0.497 e. The largest absolute Gasteiger partial charge is 0.497 e. The van der Waals surface area contributed by atoms with E-state index in [-0.39, 0.29) is 6.61 Å². The number of H-pyrrole nitrogens is 1. The molecule has 3 aromatic carbocycles. The Kier molecular flexibility index (Phi) is 7.67. The Morgan fingerprint density at radius 3 is 2.10 bits per heavy atom. The van der Waals surface area contributed by atoms with Gasteiger partial charge in [0.1, 0.15) is 17.5 Å². The number of hydrogen-bond donors (Lipinski definition) is 2. The van der Waals surface area contributed by atoms with Crippen LogP contribution in [0.4, 0.5) is 0 Å². The molecule has 4 aromatic rings. The molecule has 40 heavy (non-hydrogen) atoms. The van der Waals surface area contributed by atoms with Gasteiger partial charge in [0.2, 0.25) is 0 Å². The first kappa shape index (κ1) is 27.1. The summed E-state index contributed by atoms with van der Waals surface area (Å²) < 4.78 is 19.7. The number of nitrogens with two attached hydrogens (primary N) is 1. The van der Waals surface area contributed by atoms with Gasteiger partial charge in [-0.1, -0.05) is 72.8 Å². The third kappa shape index (κ3) is 4.84. The second-order valence-corrected chi connectivity index (χ2v) is 9.73. The van der Waals surface area contributed by atoms with E-state index in [4.69, 9.17) is 19.9 Å². The molecule has 1 aliphatic heterocycles. The number of benzene rings is 3. The van der Waals surface area contributed by atoms with E-state index in [1.54, 1.807) is 14.0 Å². The van der Waals surface area contributed by atoms with Crippen LogP contribution in [0.1, 0.15) is 28.5 Å². The minimum absolute atomic E-state index is 0.00463. The summed E-state index contributed by atoms with van der Waals surface area (Å²) in [6.07, 6.45) is -0.307. The highest BCUT2D eigenvalue weighted by Gasteiger charge is 2.46. The van der Waals surface area contributed by atoms with E-state index in [1.165, 1.54) is 10.8 Å². The van der Waals surface area contributed by atoms with Gasteiger partial charge in [0.05, 0.1) is 31.7 Å². The average molecular weight is 539 g/mol. The third-order valence-corrected chi connectivity index (χ3v) is 7.35. The molecule has 1 aliphatic rings. The van der Waals surface area contributed by atoms with Crippen LogP contribution in [0.15, 0.2) is 101 Å². The predicted molar refractivity (Wildman–Crippen MR) is 149 cm³/mol. The van der Waals surface area contributed by atoms with Crippen molar-refractivity contribution in [3.8, 4) is 11.8 Å². The summed E-state index contributed by atoms with van der Waals surface area (Å²) in [6.45, 7) is 1.58. The van der Waals surface area contributed by atoms with Crippen molar-refractivity contribution >= 4 is 0 Å². The van der Waals surface area contributed by atoms with Crippen LogP contribution in [-0.4, -0.2) is 35.4 Å². The first-order chi connectivity index (χ1) is 19.4. The van der Waals surface area contributed by atoms with E-state index in [2.05, 4.69) is 11.1 Å². The van der Waals surface area contributed by atoms with Crippen LogP contribution in [0.25, 0.3) is 0 Å². The fourth-order valence-electron chi connectivity index (χ4n) is 5.25. The number of hydrogen-bond acceptors (Lipinski definition) is 7. The van der Waals surface area contributed by atoms with Crippen molar-refractivity contribution in [2.75, 3.05) is 13.7 Å². The molecule has 3 N–H and O–H groups in total. The fraction of sp³-hybridized carbons (Fsp3) is 0.258. The Labute approximate surface area is 231 Å². The molecule has 9 heteroatoms. The van der Waals surface area contributed by atoms with Crippen molar-refractivity contribution in [1.82, 2.24) is 9.55 Å². The fourth-order valence-corrected chi connectivity index (χ4v) is 5.25. The van der Waals surface area contributed by atoms with Crippen molar-refractivity contribution in [1.29, 1.82) is 5.26 Å². The van der Waals surface area contributed by atoms with Crippen molar-refractivity contribution in [3.63, 3.8) is 0 Å². The maximum atomic E-state index is 12.6. The summed E-state index contributed by atoms with van der Waals surface area (Å²) >= 11 is 0. The standard InChI is InChI=1S/C31H30N4O5/c1-20-18-35(30(37)34-28(20)36)29-27(33)25(17-32)26(40-29)19-39-31(21-9-5-3-6-10-21,22-11-7-4-8-12-22)23-13-15-24(38-2)16-14-23/h3-16,18,25-27,29H,19,33H2,1-2H3,(H,34,36,37)/t25-,26-,27-,29-/m1/s1. The Hall–Kier alpha value is -4.49. The Morgan fingerprint density at radius 1 is 0.975 bits per heavy atom. The molecule has 4 atom stereocenters. The lowest BCUT2D eigenvalue weighted by Gasteiger charge is -2.37. The monoisotopic (exact) mass is 538 g/mol. The highest BCUT2D eigenvalue weighted by Crippen LogP contribution is 2.42. The average Bonchev–Trinajstić information content (AvgIpc) is 3.31. The maximum absolute atomic E-state index is 12.6. The molecule has 0 amide bonds. The van der Waals surface area contributed by atoms with Gasteiger partial charge in [-0.15, -0.1) is 0 Å². The normalized spacial score (nSPS) is 20.6. The first-order valence-corrected chi connectivity index (χ1v) is 12.9. The summed E-state index contributed by atoms with van der Waals surface area (Å²) in [5, 5.41) is 10.1. The summed E-state index contributed by atoms with van der Waals surface area (Å²) in [5.74, 6) is -0.0675. The molecule has 2 heterocycles. The topological polar surface area (TPSA) is 132 Å². The van der Waals surface area contributed by atoms with Crippen LogP contribution >= 0.6 is 0 Å². The highest BCUT2D eigenvalue weighted by atomic mass is 16.6. The zero-order valence-corrected chi connectivity index (χ0v) is 22.2. The molecular formula is C31H30N4O5. The molecule has 5 rings (SSSR count). The zero-order valence-electron chi connectivity index (χ0n) is 22.2. The molecule has 0 radical (unpaired) electrons. The van der Waals surface area contributed by atoms with Gasteiger partial charge in [-0.2, -0.15) is 5.26 Å². The molecule has 1 aromatic heterocycles. The highest BCUT2D eigenvalue weighted by molar-refractivity contribution is 5.48. The van der Waals surface area contributed by atoms with Crippen molar-refractivity contribution in [3.05, 3.63) is 134 Å². The van der Waals surface area contributed by atoms with Crippen molar-refractivity contribution in [2.24, 2.45) is 11.7 Å². The number of nitriles is 1. The van der Waals surface area contributed by atoms with Crippen LogP contribution < -0.4 is 21.7 Å². The van der Waals surface area contributed by atoms with Crippen LogP contribution in [0.3, 0.4) is 0 Å². The SMILES string of the molecule is COc1ccc(C(OC[C@H]2O[C@@H](n3cc(C)c(=O)[nH]c3=O)[C@H](N)[C@@H]2C#N)(c2ccccc2)c2ccccc2)cc1. The lowest BCUT2D eigenvalue weighted by molar-refractivity contribution is -0.0824. The van der Waals surface area contributed by atoms with E-state index in [9.17, 15) is 14.9 Å². The second-order valence-electron chi connectivity index (χ2n) is 9.73. The molecule has 0 saturated carbocycles. The van der Waals surface area contributed by atoms with E-state index in [0.717, 1.165) is 16.7 Å². The van der Waals surface area contributed by atoms with Crippen LogP contribution in [0.5, 0.6) is 5.75 Å².